The summed E-state index contributed by atoms with van der Waals surface area (Å²) in [6.45, 7) is 6.14. The highest BCUT2D eigenvalue weighted by molar-refractivity contribution is 6.29. The first kappa shape index (κ1) is 15.1. The summed E-state index contributed by atoms with van der Waals surface area (Å²) in [5.41, 5.74) is 6.47. The molecule has 2 heterocycles. The van der Waals surface area contributed by atoms with Crippen molar-refractivity contribution < 1.29 is 4.79 Å². The zero-order valence-electron chi connectivity index (χ0n) is 11.7. The third-order valence-corrected chi connectivity index (χ3v) is 3.73. The van der Waals surface area contributed by atoms with Gasteiger partial charge in [-0.1, -0.05) is 18.5 Å². The van der Waals surface area contributed by atoms with Crippen LogP contribution in [0.5, 0.6) is 0 Å². The first-order chi connectivity index (χ1) is 9.56. The third-order valence-electron chi connectivity index (χ3n) is 3.53. The number of nitrogens with two attached hydrogens (primary N) is 1. The number of rotatable bonds is 5. The molecule has 110 valence electrons. The molecule has 1 atom stereocenters. The number of halogens is 1. The Kier molecular flexibility index (Phi) is 5.20. The molecule has 3 N–H and O–H groups in total. The van der Waals surface area contributed by atoms with E-state index in [1.165, 1.54) is 38.2 Å². The minimum absolute atomic E-state index is 0.194. The zero-order chi connectivity index (χ0) is 14.5. The van der Waals surface area contributed by atoms with Crippen LogP contribution in [0.1, 0.15) is 30.1 Å². The fourth-order valence-corrected chi connectivity index (χ4v) is 2.63. The van der Waals surface area contributed by atoms with Crippen LogP contribution < -0.4 is 11.1 Å². The largest absolute Gasteiger partial charge is 0.397 e. The second-order valence-electron chi connectivity index (χ2n) is 5.42. The highest BCUT2D eigenvalue weighted by atomic mass is 35.5. The van der Waals surface area contributed by atoms with Gasteiger partial charge in [-0.3, -0.25) is 4.79 Å². The Morgan fingerprint density at radius 1 is 1.55 bits per heavy atom. The number of pyridine rings is 1. The molecule has 5 nitrogen and oxygen atoms in total. The molecule has 1 fully saturated rings. The van der Waals surface area contributed by atoms with Crippen molar-refractivity contribution in [3.8, 4) is 0 Å². The average Bonchev–Trinajstić information content (AvgIpc) is 2.91. The first-order valence-corrected chi connectivity index (χ1v) is 7.35. The lowest BCUT2D eigenvalue weighted by Crippen LogP contribution is -2.34. The number of hydrogen-bond donors (Lipinski definition) is 2. The van der Waals surface area contributed by atoms with E-state index in [-0.39, 0.29) is 11.1 Å². The normalized spacial score (nSPS) is 17.1. The predicted molar refractivity (Wildman–Crippen MR) is 80.8 cm³/mol. The first-order valence-electron chi connectivity index (χ1n) is 6.98. The van der Waals surface area contributed by atoms with Gasteiger partial charge in [0.25, 0.3) is 5.91 Å². The molecule has 1 aromatic rings. The predicted octanol–water partition coefficient (Wildman–Crippen LogP) is 1.78. The van der Waals surface area contributed by atoms with E-state index in [1.54, 1.807) is 0 Å². The molecular weight excluding hydrogens is 276 g/mol. The van der Waals surface area contributed by atoms with Gasteiger partial charge in [0.05, 0.1) is 17.4 Å². The molecule has 1 aromatic heterocycles. The van der Waals surface area contributed by atoms with E-state index in [4.69, 9.17) is 17.3 Å². The van der Waals surface area contributed by atoms with E-state index in [9.17, 15) is 4.79 Å². The van der Waals surface area contributed by atoms with Gasteiger partial charge in [0.2, 0.25) is 0 Å². The Bertz CT molecular complexity index is 474. The van der Waals surface area contributed by atoms with Gasteiger partial charge in [-0.15, -0.1) is 0 Å². The summed E-state index contributed by atoms with van der Waals surface area (Å²) in [6.07, 6.45) is 3.97. The summed E-state index contributed by atoms with van der Waals surface area (Å²) < 4.78 is 0. The van der Waals surface area contributed by atoms with Crippen molar-refractivity contribution in [2.45, 2.75) is 19.8 Å². The summed E-state index contributed by atoms with van der Waals surface area (Å²) in [6, 6.07) is 1.50. The molecule has 0 saturated carbocycles. The van der Waals surface area contributed by atoms with Gasteiger partial charge in [0, 0.05) is 13.1 Å². The molecule has 0 bridgehead atoms. The van der Waals surface area contributed by atoms with Crippen LogP contribution in [-0.4, -0.2) is 42.0 Å². The second kappa shape index (κ2) is 6.90. The van der Waals surface area contributed by atoms with E-state index in [0.29, 0.717) is 23.7 Å². The minimum Gasteiger partial charge on any atom is -0.397 e. The number of anilines is 1. The van der Waals surface area contributed by atoms with Gasteiger partial charge in [0.1, 0.15) is 5.15 Å². The quantitative estimate of drug-likeness (QED) is 0.813. The van der Waals surface area contributed by atoms with Gasteiger partial charge in [-0.05, 0) is 37.9 Å². The lowest BCUT2D eigenvalue weighted by molar-refractivity contribution is 0.0946. The maximum absolute atomic E-state index is 12.1. The monoisotopic (exact) mass is 296 g/mol. The Morgan fingerprint density at radius 3 is 2.95 bits per heavy atom. The van der Waals surface area contributed by atoms with Gasteiger partial charge in [0.15, 0.2) is 0 Å². The van der Waals surface area contributed by atoms with Crippen molar-refractivity contribution in [3.05, 3.63) is 23.0 Å². The molecule has 20 heavy (non-hydrogen) atoms. The van der Waals surface area contributed by atoms with Crippen molar-refractivity contribution >= 4 is 23.2 Å². The highest BCUT2D eigenvalue weighted by Gasteiger charge is 2.16. The van der Waals surface area contributed by atoms with Gasteiger partial charge < -0.3 is 16.0 Å². The number of carbonyl (C=O) groups excluding carboxylic acids is 1. The summed E-state index contributed by atoms with van der Waals surface area (Å²) in [5.74, 6) is 0.218. The second-order valence-corrected chi connectivity index (χ2v) is 5.80. The molecular formula is C14H21ClN4O. The van der Waals surface area contributed by atoms with Crippen molar-refractivity contribution in [2.75, 3.05) is 31.9 Å². The fourth-order valence-electron chi connectivity index (χ4n) is 2.47. The smallest absolute Gasteiger partial charge is 0.253 e. The van der Waals surface area contributed by atoms with E-state index >= 15 is 0 Å². The number of nitrogens with zero attached hydrogens (tertiary/aromatic N) is 2. The van der Waals surface area contributed by atoms with Crippen molar-refractivity contribution in [1.29, 1.82) is 0 Å². The number of aromatic nitrogens is 1. The molecule has 1 saturated heterocycles. The average molecular weight is 297 g/mol. The molecule has 1 amide bonds. The molecule has 0 aromatic carbocycles. The van der Waals surface area contributed by atoms with E-state index < -0.39 is 0 Å². The Balaban J connectivity index is 1.83. The SMILES string of the molecule is CC(CNC(=O)c1cc(Cl)ncc1N)CN1CCCC1. The van der Waals surface area contributed by atoms with E-state index in [2.05, 4.69) is 22.1 Å². The van der Waals surface area contributed by atoms with Crippen LogP contribution in [0, 0.1) is 5.92 Å². The van der Waals surface area contributed by atoms with Crippen LogP contribution >= 0.6 is 11.6 Å². The van der Waals surface area contributed by atoms with Crippen LogP contribution in [0.4, 0.5) is 5.69 Å². The summed E-state index contributed by atoms with van der Waals surface area (Å²) in [5, 5.41) is 3.18. The fraction of sp³-hybridized carbons (Fsp3) is 0.571. The molecule has 2 rings (SSSR count). The topological polar surface area (TPSA) is 71.2 Å². The number of nitrogen functional groups attached to an aromatic ring is 1. The summed E-state index contributed by atoms with van der Waals surface area (Å²) >= 11 is 5.78. The third kappa shape index (κ3) is 4.08. The van der Waals surface area contributed by atoms with E-state index in [0.717, 1.165) is 6.54 Å². The lowest BCUT2D eigenvalue weighted by atomic mass is 10.1. The van der Waals surface area contributed by atoms with Gasteiger partial charge in [-0.25, -0.2) is 4.98 Å². The number of likely N-dealkylation sites (tertiary alicyclic amines) is 1. The number of hydrogen-bond acceptors (Lipinski definition) is 4. The molecule has 0 aliphatic carbocycles. The standard InChI is InChI=1S/C14H21ClN4O/c1-10(9-19-4-2-3-5-19)7-18-14(20)11-6-13(15)17-8-12(11)16/h6,8,10H,2-5,7,9,16H2,1H3,(H,18,20). The minimum atomic E-state index is -0.194. The van der Waals surface area contributed by atoms with Crippen molar-refractivity contribution in [1.82, 2.24) is 15.2 Å². The van der Waals surface area contributed by atoms with Crippen LogP contribution in [-0.2, 0) is 0 Å². The van der Waals surface area contributed by atoms with Crippen LogP contribution in [0.25, 0.3) is 0 Å². The molecule has 0 spiro atoms. The molecule has 1 aliphatic rings. The van der Waals surface area contributed by atoms with Crippen LogP contribution in [0.15, 0.2) is 12.3 Å². The summed E-state index contributed by atoms with van der Waals surface area (Å²) in [7, 11) is 0. The van der Waals surface area contributed by atoms with E-state index in [1.807, 2.05) is 0 Å². The molecule has 1 aliphatic heterocycles. The van der Waals surface area contributed by atoms with Crippen molar-refractivity contribution in [2.24, 2.45) is 5.92 Å². The lowest BCUT2D eigenvalue weighted by Gasteiger charge is -2.20. The van der Waals surface area contributed by atoms with Crippen molar-refractivity contribution in [3.63, 3.8) is 0 Å². The van der Waals surface area contributed by atoms with Crippen LogP contribution in [0.3, 0.4) is 0 Å². The molecule has 0 radical (unpaired) electrons. The van der Waals surface area contributed by atoms with Gasteiger partial charge in [-0.2, -0.15) is 0 Å². The number of nitrogens with one attached hydrogen (secondary N) is 1. The Morgan fingerprint density at radius 2 is 2.25 bits per heavy atom. The van der Waals surface area contributed by atoms with Crippen LogP contribution in [0.2, 0.25) is 5.15 Å². The number of amides is 1. The molecule has 1 unspecified atom stereocenters. The maximum Gasteiger partial charge on any atom is 0.253 e. The number of carbonyl (C=O) groups is 1. The van der Waals surface area contributed by atoms with Gasteiger partial charge >= 0.3 is 0 Å². The highest BCUT2D eigenvalue weighted by Crippen LogP contribution is 2.15. The molecule has 6 heteroatoms. The Hall–Kier alpha value is -1.33. The maximum atomic E-state index is 12.1. The summed E-state index contributed by atoms with van der Waals surface area (Å²) in [4.78, 5) is 18.3. The zero-order valence-corrected chi connectivity index (χ0v) is 12.5. The Labute approximate surface area is 124 Å².